The molecule has 180 valence electrons. The van der Waals surface area contributed by atoms with Crippen LogP contribution in [0.4, 0.5) is 11.6 Å². The highest BCUT2D eigenvalue weighted by atomic mass is 32.1. The number of nitrogens with one attached hydrogen (secondary N) is 1. The minimum absolute atomic E-state index is 0.0556. The van der Waals surface area contributed by atoms with Crippen molar-refractivity contribution in [1.82, 2.24) is 15.3 Å². The summed E-state index contributed by atoms with van der Waals surface area (Å²) in [6, 6.07) is 17.9. The smallest absolute Gasteiger partial charge is 0.251 e. The van der Waals surface area contributed by atoms with Gasteiger partial charge in [0.05, 0.1) is 18.0 Å². The molecule has 0 saturated carbocycles. The molecule has 4 heterocycles. The van der Waals surface area contributed by atoms with Gasteiger partial charge in [0.2, 0.25) is 5.95 Å². The van der Waals surface area contributed by atoms with E-state index in [4.69, 9.17) is 15.5 Å². The first-order valence-corrected chi connectivity index (χ1v) is 12.9. The zero-order valence-corrected chi connectivity index (χ0v) is 20.4. The molecule has 2 aromatic carbocycles. The molecule has 2 aliphatic rings. The third-order valence-corrected chi connectivity index (χ3v) is 7.56. The van der Waals surface area contributed by atoms with Gasteiger partial charge in [0.25, 0.3) is 5.91 Å². The van der Waals surface area contributed by atoms with E-state index in [1.807, 2.05) is 30.3 Å². The van der Waals surface area contributed by atoms with E-state index >= 15 is 0 Å². The maximum Gasteiger partial charge on any atom is 0.251 e. The van der Waals surface area contributed by atoms with Crippen molar-refractivity contribution in [3.8, 4) is 17.0 Å². The molecular formula is C28H25N5O2S. The third-order valence-electron chi connectivity index (χ3n) is 6.63. The number of nitrogens with two attached hydrogens (primary N) is 1. The Labute approximate surface area is 213 Å². The number of ether oxygens (including phenoxy) is 1. The summed E-state index contributed by atoms with van der Waals surface area (Å²) in [6.07, 6.45) is 4.10. The summed E-state index contributed by atoms with van der Waals surface area (Å²) in [5.41, 5.74) is 12.5. The van der Waals surface area contributed by atoms with Crippen LogP contribution in [-0.4, -0.2) is 34.7 Å². The lowest BCUT2D eigenvalue weighted by Crippen LogP contribution is -2.29. The van der Waals surface area contributed by atoms with Crippen molar-refractivity contribution in [3.05, 3.63) is 87.7 Å². The molecule has 0 aliphatic carbocycles. The van der Waals surface area contributed by atoms with Crippen LogP contribution in [0.3, 0.4) is 0 Å². The average Bonchev–Trinajstić information content (AvgIpc) is 3.57. The van der Waals surface area contributed by atoms with Crippen LogP contribution < -0.4 is 15.8 Å². The molecule has 8 heteroatoms. The van der Waals surface area contributed by atoms with Crippen molar-refractivity contribution in [3.63, 3.8) is 0 Å². The zero-order valence-electron chi connectivity index (χ0n) is 19.6. The van der Waals surface area contributed by atoms with Crippen LogP contribution in [-0.2, 0) is 19.3 Å². The summed E-state index contributed by atoms with van der Waals surface area (Å²) in [5, 5.41) is 5.08. The molecule has 36 heavy (non-hydrogen) atoms. The first kappa shape index (κ1) is 22.4. The molecule has 6 rings (SSSR count). The maximum absolute atomic E-state index is 12.7. The highest BCUT2D eigenvalue weighted by Crippen LogP contribution is 2.36. The molecule has 7 nitrogen and oxygen atoms in total. The number of anilines is 1. The lowest BCUT2D eigenvalue weighted by Gasteiger charge is -2.26. The SMILES string of the molecule is Nc1nccc(-c2ccc3c(c2)N=C(C2COc4ccc(C(=O)NCCc5cccs5)cc4C2)C3)n1. The number of rotatable bonds is 6. The number of hydrogen-bond donors (Lipinski definition) is 2. The molecule has 0 saturated heterocycles. The number of thiophene rings is 1. The highest BCUT2D eigenvalue weighted by Gasteiger charge is 2.28. The first-order valence-electron chi connectivity index (χ1n) is 12.0. The Balaban J connectivity index is 1.15. The van der Waals surface area contributed by atoms with E-state index in [-0.39, 0.29) is 17.8 Å². The number of hydrogen-bond acceptors (Lipinski definition) is 7. The van der Waals surface area contributed by atoms with Crippen LogP contribution in [0, 0.1) is 5.92 Å². The molecular weight excluding hydrogens is 470 g/mol. The molecule has 3 N–H and O–H groups in total. The second-order valence-electron chi connectivity index (χ2n) is 9.04. The molecule has 0 radical (unpaired) electrons. The van der Waals surface area contributed by atoms with Gasteiger partial charge in [-0.1, -0.05) is 18.2 Å². The summed E-state index contributed by atoms with van der Waals surface area (Å²) in [7, 11) is 0. The number of amides is 1. The largest absolute Gasteiger partial charge is 0.493 e. The Hall–Kier alpha value is -4.04. The molecule has 4 aromatic rings. The van der Waals surface area contributed by atoms with E-state index < -0.39 is 0 Å². The average molecular weight is 496 g/mol. The van der Waals surface area contributed by atoms with Gasteiger partial charge in [0, 0.05) is 46.8 Å². The van der Waals surface area contributed by atoms with Gasteiger partial charge in [-0.2, -0.15) is 0 Å². The Bertz CT molecular complexity index is 1460. The van der Waals surface area contributed by atoms with E-state index in [9.17, 15) is 4.79 Å². The van der Waals surface area contributed by atoms with Crippen LogP contribution in [0.2, 0.25) is 0 Å². The van der Waals surface area contributed by atoms with Gasteiger partial charge in [0.1, 0.15) is 5.75 Å². The molecule has 0 spiro atoms. The van der Waals surface area contributed by atoms with Crippen molar-refractivity contribution in [2.75, 3.05) is 18.9 Å². The lowest BCUT2D eigenvalue weighted by atomic mass is 9.89. The summed E-state index contributed by atoms with van der Waals surface area (Å²) >= 11 is 1.71. The molecule has 1 amide bonds. The van der Waals surface area contributed by atoms with Crippen molar-refractivity contribution < 1.29 is 9.53 Å². The summed E-state index contributed by atoms with van der Waals surface area (Å²) in [5.74, 6) is 1.21. The van der Waals surface area contributed by atoms with Crippen LogP contribution >= 0.6 is 11.3 Å². The minimum Gasteiger partial charge on any atom is -0.493 e. The molecule has 1 atom stereocenters. The summed E-state index contributed by atoms with van der Waals surface area (Å²) in [4.78, 5) is 27.3. The van der Waals surface area contributed by atoms with Gasteiger partial charge in [-0.25, -0.2) is 9.97 Å². The minimum atomic E-state index is -0.0556. The normalized spacial score (nSPS) is 16.0. The molecule has 2 aliphatic heterocycles. The van der Waals surface area contributed by atoms with Crippen molar-refractivity contribution in [2.45, 2.75) is 19.3 Å². The lowest BCUT2D eigenvalue weighted by molar-refractivity contribution is 0.0954. The van der Waals surface area contributed by atoms with E-state index in [0.29, 0.717) is 18.7 Å². The third kappa shape index (κ3) is 4.59. The van der Waals surface area contributed by atoms with Crippen LogP contribution in [0.1, 0.15) is 26.4 Å². The number of fused-ring (bicyclic) bond motifs is 2. The predicted molar refractivity (Wildman–Crippen MR) is 142 cm³/mol. The Morgan fingerprint density at radius 3 is 2.94 bits per heavy atom. The highest BCUT2D eigenvalue weighted by molar-refractivity contribution is 7.09. The Kier molecular flexibility index (Phi) is 5.95. The molecule has 1 unspecified atom stereocenters. The predicted octanol–water partition coefficient (Wildman–Crippen LogP) is 4.64. The fourth-order valence-electron chi connectivity index (χ4n) is 4.74. The van der Waals surface area contributed by atoms with Gasteiger partial charge in [-0.05, 0) is 65.7 Å². The molecule has 0 bridgehead atoms. The number of carbonyl (C=O) groups is 1. The van der Waals surface area contributed by atoms with Gasteiger partial charge in [0.15, 0.2) is 0 Å². The number of aromatic nitrogens is 2. The summed E-state index contributed by atoms with van der Waals surface area (Å²) < 4.78 is 6.08. The maximum atomic E-state index is 12.7. The van der Waals surface area contributed by atoms with E-state index in [1.54, 1.807) is 17.5 Å². The number of aliphatic imine (C=N–C) groups is 1. The summed E-state index contributed by atoms with van der Waals surface area (Å²) in [6.45, 7) is 1.20. The van der Waals surface area contributed by atoms with Gasteiger partial charge >= 0.3 is 0 Å². The van der Waals surface area contributed by atoms with Crippen molar-refractivity contribution >= 4 is 34.6 Å². The van der Waals surface area contributed by atoms with Crippen LogP contribution in [0.25, 0.3) is 11.3 Å². The van der Waals surface area contributed by atoms with E-state index in [0.717, 1.165) is 53.2 Å². The van der Waals surface area contributed by atoms with Crippen molar-refractivity contribution in [2.24, 2.45) is 10.9 Å². The first-order chi connectivity index (χ1) is 17.6. The topological polar surface area (TPSA) is 102 Å². The fourth-order valence-corrected chi connectivity index (χ4v) is 5.45. The molecule has 2 aromatic heterocycles. The second kappa shape index (κ2) is 9.54. The Morgan fingerprint density at radius 2 is 2.08 bits per heavy atom. The van der Waals surface area contributed by atoms with E-state index in [2.05, 4.69) is 44.9 Å². The second-order valence-corrected chi connectivity index (χ2v) is 10.1. The zero-order chi connectivity index (χ0) is 24.5. The van der Waals surface area contributed by atoms with Crippen LogP contribution in [0.15, 0.2) is 71.2 Å². The Morgan fingerprint density at radius 1 is 1.14 bits per heavy atom. The van der Waals surface area contributed by atoms with Crippen molar-refractivity contribution in [1.29, 1.82) is 0 Å². The monoisotopic (exact) mass is 495 g/mol. The van der Waals surface area contributed by atoms with E-state index in [1.165, 1.54) is 10.4 Å². The number of benzene rings is 2. The standard InChI is InChI=1S/C28H25N5O2S/c29-28-31-10-8-23(33-28)17-3-4-18-15-25(32-24(18)14-17)21-13-20-12-19(5-6-26(20)35-16-21)27(34)30-9-7-22-2-1-11-36-22/h1-6,8,10-12,14,21H,7,9,13,15-16H2,(H,30,34)(H2,29,31,33). The molecule has 0 fully saturated rings. The quantitative estimate of drug-likeness (QED) is 0.406. The van der Waals surface area contributed by atoms with Gasteiger partial charge in [-0.15, -0.1) is 11.3 Å². The number of nitrogens with zero attached hydrogens (tertiary/aromatic N) is 3. The number of carbonyl (C=O) groups excluding carboxylic acids is 1. The number of nitrogen functional groups attached to an aromatic ring is 1. The van der Waals surface area contributed by atoms with Crippen LogP contribution in [0.5, 0.6) is 5.75 Å². The van der Waals surface area contributed by atoms with Gasteiger partial charge < -0.3 is 15.8 Å². The van der Waals surface area contributed by atoms with Gasteiger partial charge in [-0.3, -0.25) is 9.79 Å². The fraction of sp³-hybridized carbons (Fsp3) is 0.214.